The van der Waals surface area contributed by atoms with E-state index in [-0.39, 0.29) is 6.04 Å². The van der Waals surface area contributed by atoms with E-state index < -0.39 is 0 Å². The van der Waals surface area contributed by atoms with Gasteiger partial charge in [-0.25, -0.2) is 4.98 Å². The van der Waals surface area contributed by atoms with Crippen molar-refractivity contribution in [1.29, 1.82) is 0 Å². The first kappa shape index (κ1) is 12.8. The summed E-state index contributed by atoms with van der Waals surface area (Å²) < 4.78 is 0. The van der Waals surface area contributed by atoms with Gasteiger partial charge in [-0.2, -0.15) is 0 Å². The van der Waals surface area contributed by atoms with E-state index in [1.54, 1.807) is 0 Å². The minimum atomic E-state index is 0.218. The summed E-state index contributed by atoms with van der Waals surface area (Å²) in [5.74, 6) is 0. The average molecular weight is 250 g/mol. The number of nitrogens with zero attached hydrogens (tertiary/aromatic N) is 1. The number of allylic oxidation sites excluding steroid dienone is 1. The average Bonchev–Trinajstić information content (AvgIpc) is 2.41. The monoisotopic (exact) mass is 250 g/mol. The summed E-state index contributed by atoms with van der Waals surface area (Å²) in [5, 5.41) is 1.23. The van der Waals surface area contributed by atoms with Crippen LogP contribution in [0.15, 0.2) is 11.6 Å². The number of rotatable bonds is 2. The molecule has 0 radical (unpaired) electrons. The fraction of sp³-hybridized carbons (Fsp3) is 0.643. The lowest BCUT2D eigenvalue weighted by molar-refractivity contribution is 0.299. The van der Waals surface area contributed by atoms with Crippen molar-refractivity contribution in [3.8, 4) is 0 Å². The highest BCUT2D eigenvalue weighted by atomic mass is 32.1. The molecule has 0 saturated carbocycles. The SMILES string of the molecule is Cc1nc(CC2=CC(N)CC(C)(C)C2)sc1C. The van der Waals surface area contributed by atoms with Gasteiger partial charge in [0, 0.05) is 17.3 Å². The van der Waals surface area contributed by atoms with Crippen LogP contribution in [0.3, 0.4) is 0 Å². The fourth-order valence-electron chi connectivity index (χ4n) is 2.68. The lowest BCUT2D eigenvalue weighted by Gasteiger charge is -2.33. The Balaban J connectivity index is 2.13. The van der Waals surface area contributed by atoms with Crippen molar-refractivity contribution >= 4 is 11.3 Å². The molecule has 3 heteroatoms. The first-order valence-corrected chi connectivity index (χ1v) is 7.05. The Labute approximate surface area is 108 Å². The van der Waals surface area contributed by atoms with Crippen LogP contribution in [0.25, 0.3) is 0 Å². The molecule has 17 heavy (non-hydrogen) atoms. The lowest BCUT2D eigenvalue weighted by Crippen LogP contribution is -2.31. The fourth-order valence-corrected chi connectivity index (χ4v) is 3.66. The molecule has 2 rings (SSSR count). The molecule has 1 aromatic rings. The summed E-state index contributed by atoms with van der Waals surface area (Å²) in [6, 6.07) is 0.218. The molecule has 1 aromatic heterocycles. The molecule has 1 aliphatic carbocycles. The van der Waals surface area contributed by atoms with Crippen molar-refractivity contribution < 1.29 is 0 Å². The Morgan fingerprint density at radius 1 is 1.47 bits per heavy atom. The van der Waals surface area contributed by atoms with Crippen molar-refractivity contribution in [3.05, 3.63) is 27.2 Å². The van der Waals surface area contributed by atoms with Gasteiger partial charge >= 0.3 is 0 Å². The second kappa shape index (κ2) is 4.54. The van der Waals surface area contributed by atoms with Crippen molar-refractivity contribution in [2.24, 2.45) is 11.1 Å². The second-order valence-corrected chi connectivity index (χ2v) is 7.25. The van der Waals surface area contributed by atoms with Crippen molar-refractivity contribution in [1.82, 2.24) is 4.98 Å². The topological polar surface area (TPSA) is 38.9 Å². The van der Waals surface area contributed by atoms with Gasteiger partial charge in [-0.3, -0.25) is 0 Å². The number of thiazole rings is 1. The minimum absolute atomic E-state index is 0.218. The third-order valence-corrected chi connectivity index (χ3v) is 4.47. The van der Waals surface area contributed by atoms with E-state index in [0.29, 0.717) is 5.41 Å². The highest BCUT2D eigenvalue weighted by molar-refractivity contribution is 7.11. The van der Waals surface area contributed by atoms with Crippen molar-refractivity contribution in [2.75, 3.05) is 0 Å². The quantitative estimate of drug-likeness (QED) is 0.817. The Morgan fingerprint density at radius 3 is 2.71 bits per heavy atom. The van der Waals surface area contributed by atoms with Gasteiger partial charge < -0.3 is 5.73 Å². The highest BCUT2D eigenvalue weighted by Gasteiger charge is 2.27. The van der Waals surface area contributed by atoms with E-state index in [4.69, 9.17) is 5.73 Å². The van der Waals surface area contributed by atoms with Crippen LogP contribution in [0.2, 0.25) is 0 Å². The number of aryl methyl sites for hydroxylation is 2. The van der Waals surface area contributed by atoms with Gasteiger partial charge in [-0.1, -0.05) is 25.5 Å². The van der Waals surface area contributed by atoms with Crippen molar-refractivity contribution in [3.63, 3.8) is 0 Å². The van der Waals surface area contributed by atoms with E-state index >= 15 is 0 Å². The molecular formula is C14H22N2S. The molecule has 0 aliphatic heterocycles. The molecule has 0 saturated heterocycles. The Hall–Kier alpha value is -0.670. The molecule has 0 amide bonds. The Kier molecular flexibility index (Phi) is 3.41. The second-order valence-electron chi connectivity index (χ2n) is 5.96. The van der Waals surface area contributed by atoms with E-state index in [0.717, 1.165) is 19.3 Å². The molecule has 0 fully saturated rings. The zero-order valence-electron chi connectivity index (χ0n) is 11.2. The summed E-state index contributed by atoms with van der Waals surface area (Å²) in [6.45, 7) is 8.83. The molecule has 0 spiro atoms. The van der Waals surface area contributed by atoms with Crippen LogP contribution in [-0.4, -0.2) is 11.0 Å². The van der Waals surface area contributed by atoms with Gasteiger partial charge in [0.15, 0.2) is 0 Å². The third kappa shape index (κ3) is 3.17. The van der Waals surface area contributed by atoms with Gasteiger partial charge in [-0.15, -0.1) is 11.3 Å². The predicted molar refractivity (Wildman–Crippen MR) is 74.4 cm³/mol. The number of aromatic nitrogens is 1. The van der Waals surface area contributed by atoms with E-state index in [1.165, 1.54) is 21.2 Å². The highest BCUT2D eigenvalue weighted by Crippen LogP contribution is 2.36. The molecule has 2 nitrogen and oxygen atoms in total. The van der Waals surface area contributed by atoms with E-state index in [1.807, 2.05) is 11.3 Å². The molecular weight excluding hydrogens is 228 g/mol. The molecule has 0 aromatic carbocycles. The Bertz CT molecular complexity index is 424. The maximum atomic E-state index is 6.10. The molecule has 1 unspecified atom stereocenters. The molecule has 94 valence electrons. The standard InChI is InChI=1S/C14H22N2S/c1-9-10(2)17-13(16-9)6-11-5-12(15)8-14(3,4)7-11/h5,12H,6-8,15H2,1-4H3. The molecule has 1 aliphatic rings. The minimum Gasteiger partial charge on any atom is -0.324 e. The normalized spacial score (nSPS) is 23.6. The predicted octanol–water partition coefficient (Wildman–Crippen LogP) is 3.38. The smallest absolute Gasteiger partial charge is 0.0971 e. The summed E-state index contributed by atoms with van der Waals surface area (Å²) in [7, 11) is 0. The van der Waals surface area contributed by atoms with Crippen LogP contribution in [0.5, 0.6) is 0 Å². The molecule has 0 bridgehead atoms. The first-order chi connectivity index (χ1) is 7.85. The van der Waals surface area contributed by atoms with Gasteiger partial charge in [0.25, 0.3) is 0 Å². The number of hydrogen-bond acceptors (Lipinski definition) is 3. The van der Waals surface area contributed by atoms with E-state index in [9.17, 15) is 0 Å². The van der Waals surface area contributed by atoms with Crippen LogP contribution in [0.4, 0.5) is 0 Å². The third-order valence-electron chi connectivity index (χ3n) is 3.39. The Morgan fingerprint density at radius 2 is 2.18 bits per heavy atom. The summed E-state index contributed by atoms with van der Waals surface area (Å²) in [6.07, 6.45) is 5.47. The van der Waals surface area contributed by atoms with Crippen LogP contribution >= 0.6 is 11.3 Å². The number of nitrogens with two attached hydrogens (primary N) is 1. The summed E-state index contributed by atoms with van der Waals surface area (Å²) in [5.41, 5.74) is 9.07. The van der Waals surface area contributed by atoms with Crippen molar-refractivity contribution in [2.45, 2.75) is 53.0 Å². The maximum Gasteiger partial charge on any atom is 0.0971 e. The summed E-state index contributed by atoms with van der Waals surface area (Å²) in [4.78, 5) is 5.95. The first-order valence-electron chi connectivity index (χ1n) is 6.24. The van der Waals surface area contributed by atoms with Crippen LogP contribution < -0.4 is 5.73 Å². The largest absolute Gasteiger partial charge is 0.324 e. The number of hydrogen-bond donors (Lipinski definition) is 1. The van der Waals surface area contributed by atoms with E-state index in [2.05, 4.69) is 38.8 Å². The van der Waals surface area contributed by atoms with Gasteiger partial charge in [-0.05, 0) is 32.1 Å². The summed E-state index contributed by atoms with van der Waals surface area (Å²) >= 11 is 1.82. The molecule has 1 atom stereocenters. The van der Waals surface area contributed by atoms with Crippen LogP contribution in [-0.2, 0) is 6.42 Å². The van der Waals surface area contributed by atoms with Gasteiger partial charge in [0.2, 0.25) is 0 Å². The van der Waals surface area contributed by atoms with Crippen LogP contribution in [0, 0.1) is 19.3 Å². The zero-order chi connectivity index (χ0) is 12.6. The zero-order valence-corrected chi connectivity index (χ0v) is 12.0. The molecule has 1 heterocycles. The van der Waals surface area contributed by atoms with Crippen LogP contribution in [0.1, 0.15) is 42.3 Å². The maximum absolute atomic E-state index is 6.10. The lowest BCUT2D eigenvalue weighted by atomic mass is 9.75. The van der Waals surface area contributed by atoms with Gasteiger partial charge in [0.05, 0.1) is 10.7 Å². The van der Waals surface area contributed by atoms with Gasteiger partial charge in [0.1, 0.15) is 0 Å². The molecule has 2 N–H and O–H groups in total.